The zero-order chi connectivity index (χ0) is 15.2. The van der Waals surface area contributed by atoms with E-state index in [1.165, 1.54) is 0 Å². The minimum atomic E-state index is -3.79. The Morgan fingerprint density at radius 3 is 2.43 bits per heavy atom. The number of para-hydroxylation sites is 1. The Balaban J connectivity index is 2.20. The lowest BCUT2D eigenvalue weighted by molar-refractivity contribution is -0.265. The molecule has 114 valence electrons. The van der Waals surface area contributed by atoms with E-state index in [1.807, 2.05) is 0 Å². The van der Waals surface area contributed by atoms with Crippen LogP contribution in [0.2, 0.25) is 10.0 Å². The first-order valence-electron chi connectivity index (χ1n) is 6.49. The van der Waals surface area contributed by atoms with Gasteiger partial charge in [0.15, 0.2) is 0 Å². The lowest BCUT2D eigenvalue weighted by atomic mass is 9.98. The molecule has 1 atom stereocenters. The van der Waals surface area contributed by atoms with Crippen LogP contribution in [0.3, 0.4) is 0 Å². The van der Waals surface area contributed by atoms with Gasteiger partial charge in [-0.3, -0.25) is 0 Å². The Kier molecular flexibility index (Phi) is 3.92. The molecular formula is C13H13Cl2NO4S. The minimum absolute atomic E-state index is 0.134. The molecule has 1 N–H and O–H groups in total. The Morgan fingerprint density at radius 1 is 1.19 bits per heavy atom. The average molecular weight is 350 g/mol. The van der Waals surface area contributed by atoms with Crippen LogP contribution in [0.1, 0.15) is 25.7 Å². The van der Waals surface area contributed by atoms with Gasteiger partial charge in [0, 0.05) is 0 Å². The second kappa shape index (κ2) is 5.44. The molecule has 0 spiro atoms. The summed E-state index contributed by atoms with van der Waals surface area (Å²) in [5.74, 6) is 0. The Morgan fingerprint density at radius 2 is 1.81 bits per heavy atom. The number of hydrogen-bond donors (Lipinski definition) is 1. The number of rotatable bonds is 2. The van der Waals surface area contributed by atoms with Crippen molar-refractivity contribution in [2.75, 3.05) is 4.31 Å². The summed E-state index contributed by atoms with van der Waals surface area (Å²) < 4.78 is 26.5. The maximum atomic E-state index is 12.8. The number of anilines is 1. The van der Waals surface area contributed by atoms with E-state index >= 15 is 0 Å². The van der Waals surface area contributed by atoms with Crippen LogP contribution in [0.15, 0.2) is 28.7 Å². The van der Waals surface area contributed by atoms with Crippen molar-refractivity contribution in [3.63, 3.8) is 0 Å². The van der Waals surface area contributed by atoms with Crippen LogP contribution in [-0.4, -0.2) is 19.9 Å². The van der Waals surface area contributed by atoms with Gasteiger partial charge in [-0.2, -0.15) is 0 Å². The van der Waals surface area contributed by atoms with Crippen LogP contribution in [0.4, 0.5) is 5.69 Å². The molecule has 3 rings (SSSR count). The van der Waals surface area contributed by atoms with Crippen molar-refractivity contribution in [3.8, 4) is 0 Å². The minimum Gasteiger partial charge on any atom is -0.249 e. The molecule has 8 heteroatoms. The number of allylic oxidation sites excluding steroid dienone is 1. The fourth-order valence-electron chi connectivity index (χ4n) is 2.89. The van der Waals surface area contributed by atoms with Crippen LogP contribution < -0.4 is 4.31 Å². The predicted octanol–water partition coefficient (Wildman–Crippen LogP) is 3.79. The van der Waals surface area contributed by atoms with Crippen molar-refractivity contribution in [2.45, 2.75) is 31.9 Å². The Labute approximate surface area is 132 Å². The highest BCUT2D eigenvalue weighted by Crippen LogP contribution is 2.47. The van der Waals surface area contributed by atoms with E-state index in [4.69, 9.17) is 23.2 Å². The first-order chi connectivity index (χ1) is 9.98. The second-order valence-corrected chi connectivity index (χ2v) is 7.64. The summed E-state index contributed by atoms with van der Waals surface area (Å²) in [4.78, 5) is 4.77. The average Bonchev–Trinajstić information content (AvgIpc) is 2.68. The van der Waals surface area contributed by atoms with Gasteiger partial charge in [-0.05, 0) is 43.4 Å². The van der Waals surface area contributed by atoms with E-state index in [0.717, 1.165) is 17.1 Å². The first-order valence-corrected chi connectivity index (χ1v) is 8.68. The summed E-state index contributed by atoms with van der Waals surface area (Å²) in [6.45, 7) is 0. The second-order valence-electron chi connectivity index (χ2n) is 4.98. The normalized spacial score (nSPS) is 24.3. The molecule has 2 aliphatic rings. The maximum Gasteiger partial charge on any atom is 0.263 e. The lowest BCUT2D eigenvalue weighted by Gasteiger charge is -2.26. The SMILES string of the molecule is O=S1(=O)C2=C(CCCC2)[C@H](OO)N1c1c(Cl)cccc1Cl. The highest BCUT2D eigenvalue weighted by atomic mass is 35.5. The molecule has 0 radical (unpaired) electrons. The lowest BCUT2D eigenvalue weighted by Crippen LogP contribution is -2.37. The van der Waals surface area contributed by atoms with Gasteiger partial charge in [0.05, 0.1) is 20.6 Å². The molecule has 1 aromatic rings. The first kappa shape index (κ1) is 15.1. The third-order valence-electron chi connectivity index (χ3n) is 3.80. The van der Waals surface area contributed by atoms with Crippen LogP contribution in [0.25, 0.3) is 0 Å². The van der Waals surface area contributed by atoms with Crippen molar-refractivity contribution in [3.05, 3.63) is 38.7 Å². The molecule has 0 aromatic heterocycles. The van der Waals surface area contributed by atoms with Gasteiger partial charge in [0.25, 0.3) is 10.0 Å². The number of benzene rings is 1. The van der Waals surface area contributed by atoms with Crippen molar-refractivity contribution in [2.24, 2.45) is 0 Å². The maximum absolute atomic E-state index is 12.8. The smallest absolute Gasteiger partial charge is 0.249 e. The van der Waals surface area contributed by atoms with Crippen LogP contribution in [0.5, 0.6) is 0 Å². The molecule has 1 aliphatic heterocycles. The van der Waals surface area contributed by atoms with Gasteiger partial charge in [-0.15, -0.1) is 0 Å². The number of nitrogens with zero attached hydrogens (tertiary/aromatic N) is 1. The van der Waals surface area contributed by atoms with E-state index in [9.17, 15) is 13.7 Å². The summed E-state index contributed by atoms with van der Waals surface area (Å²) in [7, 11) is -3.79. The number of hydrogen-bond acceptors (Lipinski definition) is 4. The van der Waals surface area contributed by atoms with Crippen molar-refractivity contribution < 1.29 is 18.6 Å². The van der Waals surface area contributed by atoms with E-state index in [0.29, 0.717) is 23.3 Å². The van der Waals surface area contributed by atoms with Gasteiger partial charge >= 0.3 is 0 Å². The molecule has 0 saturated carbocycles. The summed E-state index contributed by atoms with van der Waals surface area (Å²) in [6, 6.07) is 4.72. The van der Waals surface area contributed by atoms with E-state index < -0.39 is 16.3 Å². The van der Waals surface area contributed by atoms with E-state index in [-0.39, 0.29) is 15.7 Å². The van der Waals surface area contributed by atoms with Gasteiger partial charge in [-0.1, -0.05) is 29.3 Å². The van der Waals surface area contributed by atoms with Crippen LogP contribution >= 0.6 is 23.2 Å². The predicted molar refractivity (Wildman–Crippen MR) is 80.9 cm³/mol. The molecule has 0 saturated heterocycles. The third kappa shape index (κ3) is 2.26. The van der Waals surface area contributed by atoms with Gasteiger partial charge in [0.1, 0.15) is 0 Å². The molecule has 0 fully saturated rings. The number of halogens is 2. The topological polar surface area (TPSA) is 66.8 Å². The van der Waals surface area contributed by atoms with Crippen molar-refractivity contribution in [1.29, 1.82) is 0 Å². The van der Waals surface area contributed by atoms with Gasteiger partial charge in [-0.25, -0.2) is 22.9 Å². The van der Waals surface area contributed by atoms with Crippen LogP contribution in [0, 0.1) is 0 Å². The standard InChI is InChI=1S/C13H13Cl2NO4S/c14-9-5-3-6-10(15)12(9)16-13(20-17)8-4-1-2-7-11(8)21(16,18)19/h3,5-6,13,17H,1-2,4,7H2/t13-/m0/s1. The monoisotopic (exact) mass is 349 g/mol. The fourth-order valence-corrected chi connectivity index (χ4v) is 5.60. The molecule has 0 unspecified atom stereocenters. The quantitative estimate of drug-likeness (QED) is 0.651. The zero-order valence-corrected chi connectivity index (χ0v) is 13.2. The Bertz CT molecular complexity index is 697. The van der Waals surface area contributed by atoms with Gasteiger partial charge in [0.2, 0.25) is 6.23 Å². The summed E-state index contributed by atoms with van der Waals surface area (Å²) in [5.41, 5.74) is 0.717. The fraction of sp³-hybridized carbons (Fsp3) is 0.385. The highest BCUT2D eigenvalue weighted by Gasteiger charge is 2.47. The molecule has 1 aromatic carbocycles. The van der Waals surface area contributed by atoms with E-state index in [2.05, 4.69) is 4.89 Å². The van der Waals surface area contributed by atoms with Crippen molar-refractivity contribution in [1.82, 2.24) is 0 Å². The molecule has 21 heavy (non-hydrogen) atoms. The molecule has 0 amide bonds. The molecule has 0 bridgehead atoms. The summed E-state index contributed by atoms with van der Waals surface area (Å²) in [5, 5.41) is 9.60. The number of sulfonamides is 1. The Hall–Kier alpha value is -0.790. The van der Waals surface area contributed by atoms with Crippen molar-refractivity contribution >= 4 is 38.9 Å². The molecule has 1 heterocycles. The molecular weight excluding hydrogens is 337 g/mol. The zero-order valence-electron chi connectivity index (χ0n) is 10.9. The molecule has 1 aliphatic carbocycles. The van der Waals surface area contributed by atoms with E-state index in [1.54, 1.807) is 18.2 Å². The largest absolute Gasteiger partial charge is 0.263 e. The third-order valence-corrected chi connectivity index (χ3v) is 6.39. The molecule has 5 nitrogen and oxygen atoms in total. The van der Waals surface area contributed by atoms with Gasteiger partial charge < -0.3 is 0 Å². The highest BCUT2D eigenvalue weighted by molar-refractivity contribution is 7.97. The summed E-state index contributed by atoms with van der Waals surface area (Å²) in [6.07, 6.45) is 1.57. The van der Waals surface area contributed by atoms with Crippen LogP contribution in [-0.2, 0) is 14.9 Å². The summed E-state index contributed by atoms with van der Waals surface area (Å²) >= 11 is 12.2.